The summed E-state index contributed by atoms with van der Waals surface area (Å²) < 4.78 is 8.13. The van der Waals surface area contributed by atoms with Gasteiger partial charge in [-0.05, 0) is 61.1 Å². The molecule has 1 aliphatic rings. The number of anilines is 2. The Morgan fingerprint density at radius 1 is 1.09 bits per heavy atom. The first-order chi connectivity index (χ1) is 15.9. The average Bonchev–Trinajstić information content (AvgIpc) is 3.37. The molecule has 4 aromatic rings. The average molecular weight is 460 g/mol. The monoisotopic (exact) mass is 459 g/mol. The van der Waals surface area contributed by atoms with Crippen molar-refractivity contribution in [1.82, 2.24) is 14.5 Å². The molecule has 7 heteroatoms. The van der Waals surface area contributed by atoms with Crippen LogP contribution in [0.5, 0.6) is 0 Å². The van der Waals surface area contributed by atoms with Crippen LogP contribution in [0.3, 0.4) is 0 Å². The largest absolute Gasteiger partial charge is 0.361 e. The summed E-state index contributed by atoms with van der Waals surface area (Å²) in [4.78, 5) is 11.5. The molecule has 0 saturated heterocycles. The number of aromatic nitrogens is 3. The maximum atomic E-state index is 9.41. The number of ether oxygens (including phenoxy) is 1. The molecule has 6 nitrogen and oxygen atoms in total. The number of rotatable bonds is 7. The van der Waals surface area contributed by atoms with Crippen molar-refractivity contribution in [1.29, 1.82) is 5.26 Å². The normalized spacial score (nSPS) is 14.1. The minimum atomic E-state index is -0.514. The lowest BCUT2D eigenvalue weighted by atomic mass is 10.1. The van der Waals surface area contributed by atoms with Gasteiger partial charge in [0.05, 0.1) is 23.6 Å². The molecule has 0 atom stereocenters. The first-order valence-electron chi connectivity index (χ1n) is 11.2. The van der Waals surface area contributed by atoms with Crippen molar-refractivity contribution in [3.05, 3.63) is 60.0 Å². The third-order valence-corrected chi connectivity index (χ3v) is 7.66. The SMILES string of the molecule is CS(C)(C)CCCOCn1c2cnc(C#N)cc2c2cc(N3CCc4ccccc43)cnc21. The maximum absolute atomic E-state index is 9.41. The van der Waals surface area contributed by atoms with E-state index in [1.54, 1.807) is 6.20 Å². The second-order valence-corrected chi connectivity index (χ2v) is 14.0. The van der Waals surface area contributed by atoms with E-state index in [0.29, 0.717) is 12.4 Å². The highest BCUT2D eigenvalue weighted by Gasteiger charge is 2.22. The van der Waals surface area contributed by atoms with E-state index in [2.05, 4.69) is 69.6 Å². The first-order valence-corrected chi connectivity index (χ1v) is 14.2. The van der Waals surface area contributed by atoms with Crippen molar-refractivity contribution in [2.45, 2.75) is 19.6 Å². The van der Waals surface area contributed by atoms with Crippen LogP contribution in [0.2, 0.25) is 0 Å². The van der Waals surface area contributed by atoms with E-state index in [9.17, 15) is 5.26 Å². The molecule has 1 aromatic carbocycles. The molecule has 0 fully saturated rings. The molecule has 0 bridgehead atoms. The zero-order valence-electron chi connectivity index (χ0n) is 19.4. The van der Waals surface area contributed by atoms with E-state index in [1.807, 2.05) is 12.3 Å². The van der Waals surface area contributed by atoms with Crippen LogP contribution in [0, 0.1) is 11.3 Å². The van der Waals surface area contributed by atoms with Gasteiger partial charge < -0.3 is 9.64 Å². The molecule has 0 aliphatic carbocycles. The van der Waals surface area contributed by atoms with Crippen LogP contribution >= 0.6 is 10.0 Å². The second-order valence-electron chi connectivity index (χ2n) is 9.41. The highest BCUT2D eigenvalue weighted by atomic mass is 32.3. The van der Waals surface area contributed by atoms with Gasteiger partial charge in [-0.2, -0.15) is 5.26 Å². The van der Waals surface area contributed by atoms with Gasteiger partial charge in [0.25, 0.3) is 0 Å². The van der Waals surface area contributed by atoms with Crippen molar-refractivity contribution >= 4 is 43.3 Å². The zero-order chi connectivity index (χ0) is 23.0. The maximum Gasteiger partial charge on any atom is 0.143 e. The Kier molecular flexibility index (Phi) is 5.73. The molecule has 0 saturated carbocycles. The molecule has 0 unspecified atom stereocenters. The van der Waals surface area contributed by atoms with Crippen LogP contribution in [0.25, 0.3) is 21.9 Å². The Morgan fingerprint density at radius 3 is 2.76 bits per heavy atom. The predicted molar refractivity (Wildman–Crippen MR) is 138 cm³/mol. The number of hydrogen-bond acceptors (Lipinski definition) is 5. The van der Waals surface area contributed by atoms with E-state index in [-0.39, 0.29) is 0 Å². The molecule has 0 N–H and O–H groups in total. The number of nitriles is 1. The van der Waals surface area contributed by atoms with Gasteiger partial charge in [0, 0.05) is 29.6 Å². The fourth-order valence-electron chi connectivity index (χ4n) is 4.55. The number of benzene rings is 1. The third kappa shape index (κ3) is 4.29. The van der Waals surface area contributed by atoms with Crippen molar-refractivity contribution in [3.8, 4) is 6.07 Å². The molecule has 170 valence electrons. The van der Waals surface area contributed by atoms with Crippen molar-refractivity contribution in [2.75, 3.05) is 42.6 Å². The summed E-state index contributed by atoms with van der Waals surface area (Å²) in [5, 5.41) is 11.4. The molecule has 3 aromatic heterocycles. The molecular formula is C26H29N5OS. The summed E-state index contributed by atoms with van der Waals surface area (Å²) in [5.74, 6) is 1.20. The van der Waals surface area contributed by atoms with Gasteiger partial charge in [0.2, 0.25) is 0 Å². The highest BCUT2D eigenvalue weighted by Crippen LogP contribution is 2.37. The van der Waals surface area contributed by atoms with E-state index < -0.39 is 10.0 Å². The molecule has 5 rings (SSSR count). The van der Waals surface area contributed by atoms with Gasteiger partial charge in [-0.25, -0.2) is 20.0 Å². The quantitative estimate of drug-likeness (QED) is 0.355. The minimum absolute atomic E-state index is 0.410. The Labute approximate surface area is 196 Å². The predicted octanol–water partition coefficient (Wildman–Crippen LogP) is 5.21. The lowest BCUT2D eigenvalue weighted by molar-refractivity contribution is 0.0831. The topological polar surface area (TPSA) is 67.0 Å². The summed E-state index contributed by atoms with van der Waals surface area (Å²) >= 11 is 0. The zero-order valence-corrected chi connectivity index (χ0v) is 20.2. The Morgan fingerprint density at radius 2 is 1.94 bits per heavy atom. The molecule has 1 aliphatic heterocycles. The van der Waals surface area contributed by atoms with Crippen LogP contribution in [0.1, 0.15) is 17.7 Å². The van der Waals surface area contributed by atoms with E-state index >= 15 is 0 Å². The number of hydrogen-bond donors (Lipinski definition) is 0. The van der Waals surface area contributed by atoms with Crippen LogP contribution in [-0.2, 0) is 17.9 Å². The van der Waals surface area contributed by atoms with Crippen molar-refractivity contribution in [3.63, 3.8) is 0 Å². The van der Waals surface area contributed by atoms with Crippen LogP contribution < -0.4 is 4.90 Å². The van der Waals surface area contributed by atoms with E-state index in [1.165, 1.54) is 17.0 Å². The van der Waals surface area contributed by atoms with Gasteiger partial charge in [0.1, 0.15) is 24.1 Å². The van der Waals surface area contributed by atoms with Gasteiger partial charge in [-0.3, -0.25) is 4.57 Å². The van der Waals surface area contributed by atoms with Crippen molar-refractivity contribution in [2.24, 2.45) is 0 Å². The van der Waals surface area contributed by atoms with Gasteiger partial charge in [-0.1, -0.05) is 18.2 Å². The fraction of sp³-hybridized carbons (Fsp3) is 0.346. The summed E-state index contributed by atoms with van der Waals surface area (Å²) in [6, 6.07) is 14.8. The molecule has 33 heavy (non-hydrogen) atoms. The number of nitrogens with zero attached hydrogens (tertiary/aromatic N) is 5. The minimum Gasteiger partial charge on any atom is -0.361 e. The summed E-state index contributed by atoms with van der Waals surface area (Å²) in [6.45, 7) is 2.08. The van der Waals surface area contributed by atoms with E-state index in [4.69, 9.17) is 9.72 Å². The Bertz CT molecular complexity index is 1370. The lowest BCUT2D eigenvalue weighted by Gasteiger charge is -2.24. The molecule has 4 heterocycles. The second kappa shape index (κ2) is 8.69. The number of pyridine rings is 2. The van der Waals surface area contributed by atoms with Crippen LogP contribution in [0.15, 0.2) is 48.8 Å². The molecule has 0 spiro atoms. The summed E-state index contributed by atoms with van der Waals surface area (Å²) in [5.41, 5.74) is 5.88. The molecule has 0 radical (unpaired) electrons. The van der Waals surface area contributed by atoms with Gasteiger partial charge in [-0.15, -0.1) is 0 Å². The Hall–Kier alpha value is -3.08. The van der Waals surface area contributed by atoms with Crippen LogP contribution in [-0.4, -0.2) is 52.2 Å². The number of fused-ring (bicyclic) bond motifs is 4. The summed E-state index contributed by atoms with van der Waals surface area (Å²) in [7, 11) is -0.514. The van der Waals surface area contributed by atoms with Crippen LogP contribution in [0.4, 0.5) is 11.4 Å². The molecule has 0 amide bonds. The smallest absolute Gasteiger partial charge is 0.143 e. The Balaban J connectivity index is 1.51. The standard InChI is InChI=1S/C26H29N5OS/c1-33(2,3)12-6-11-32-18-31-25-17-28-20(15-27)13-22(25)23-14-21(16-29-26(23)31)30-10-9-19-7-4-5-8-24(19)30/h4-5,7-8,13-14,16-17H,6,9-12,18H2,1-3H3. The van der Waals surface area contributed by atoms with Gasteiger partial charge >= 0.3 is 0 Å². The van der Waals surface area contributed by atoms with Gasteiger partial charge in [0.15, 0.2) is 0 Å². The number of para-hydroxylation sites is 1. The van der Waals surface area contributed by atoms with Crippen molar-refractivity contribution < 1.29 is 4.74 Å². The van der Waals surface area contributed by atoms with E-state index in [0.717, 1.165) is 53.6 Å². The first kappa shape index (κ1) is 21.7. The molecular weight excluding hydrogens is 430 g/mol. The lowest BCUT2D eigenvalue weighted by Crippen LogP contribution is -2.13. The summed E-state index contributed by atoms with van der Waals surface area (Å²) in [6.07, 6.45) is 12.8. The fourth-order valence-corrected chi connectivity index (χ4v) is 5.53. The third-order valence-electron chi connectivity index (χ3n) is 6.15. The highest BCUT2D eigenvalue weighted by molar-refractivity contribution is 8.32.